The SMILES string of the molecule is CNCc1occc1-c1cc(F)ccc1C. The normalized spacial score (nSPS) is 10.7. The lowest BCUT2D eigenvalue weighted by atomic mass is 10.0. The van der Waals surface area contributed by atoms with E-state index in [4.69, 9.17) is 4.42 Å². The Bertz CT molecular complexity index is 490. The van der Waals surface area contributed by atoms with Crippen molar-refractivity contribution in [1.29, 1.82) is 0 Å². The molecule has 2 aromatic rings. The van der Waals surface area contributed by atoms with E-state index in [1.54, 1.807) is 18.4 Å². The molecule has 1 heterocycles. The average Bonchev–Trinajstić information content (AvgIpc) is 2.70. The molecule has 0 aliphatic rings. The van der Waals surface area contributed by atoms with Crippen LogP contribution in [-0.2, 0) is 6.54 Å². The minimum atomic E-state index is -0.225. The molecule has 0 atom stereocenters. The molecule has 0 spiro atoms. The minimum absolute atomic E-state index is 0.225. The zero-order valence-corrected chi connectivity index (χ0v) is 9.38. The summed E-state index contributed by atoms with van der Waals surface area (Å²) in [6.45, 7) is 2.60. The van der Waals surface area contributed by atoms with Gasteiger partial charge in [0.2, 0.25) is 0 Å². The lowest BCUT2D eigenvalue weighted by Gasteiger charge is -2.06. The number of halogens is 1. The molecule has 3 heteroatoms. The van der Waals surface area contributed by atoms with Crippen LogP contribution in [0.4, 0.5) is 4.39 Å². The molecular formula is C13H14FNO. The van der Waals surface area contributed by atoms with Crippen molar-refractivity contribution >= 4 is 0 Å². The second-order valence-corrected chi connectivity index (χ2v) is 3.75. The number of aryl methyl sites for hydroxylation is 1. The van der Waals surface area contributed by atoms with Gasteiger partial charge in [0.05, 0.1) is 12.8 Å². The first-order valence-corrected chi connectivity index (χ1v) is 5.20. The van der Waals surface area contributed by atoms with Gasteiger partial charge in [0.1, 0.15) is 11.6 Å². The van der Waals surface area contributed by atoms with Crippen molar-refractivity contribution in [3.63, 3.8) is 0 Å². The van der Waals surface area contributed by atoms with Crippen molar-refractivity contribution in [1.82, 2.24) is 5.32 Å². The molecule has 84 valence electrons. The summed E-state index contributed by atoms with van der Waals surface area (Å²) in [6.07, 6.45) is 1.63. The van der Waals surface area contributed by atoms with Crippen LogP contribution in [0, 0.1) is 12.7 Å². The maximum Gasteiger partial charge on any atom is 0.125 e. The third-order valence-electron chi connectivity index (χ3n) is 2.57. The van der Waals surface area contributed by atoms with Gasteiger partial charge in [-0.15, -0.1) is 0 Å². The quantitative estimate of drug-likeness (QED) is 0.858. The van der Waals surface area contributed by atoms with Gasteiger partial charge in [-0.05, 0) is 43.3 Å². The van der Waals surface area contributed by atoms with Gasteiger partial charge in [-0.25, -0.2) is 4.39 Å². The first kappa shape index (κ1) is 10.9. The Balaban J connectivity index is 2.49. The summed E-state index contributed by atoms with van der Waals surface area (Å²) in [5.41, 5.74) is 2.88. The van der Waals surface area contributed by atoms with Crippen LogP contribution in [-0.4, -0.2) is 7.05 Å². The summed E-state index contributed by atoms with van der Waals surface area (Å²) < 4.78 is 18.6. The fourth-order valence-corrected chi connectivity index (χ4v) is 1.76. The highest BCUT2D eigenvalue weighted by molar-refractivity contribution is 5.68. The van der Waals surface area contributed by atoms with Gasteiger partial charge >= 0.3 is 0 Å². The second kappa shape index (κ2) is 4.49. The molecular weight excluding hydrogens is 205 g/mol. The van der Waals surface area contributed by atoms with E-state index in [9.17, 15) is 4.39 Å². The molecule has 1 aromatic carbocycles. The van der Waals surface area contributed by atoms with Gasteiger partial charge in [0.25, 0.3) is 0 Å². The van der Waals surface area contributed by atoms with E-state index in [2.05, 4.69) is 5.32 Å². The number of nitrogens with one attached hydrogen (secondary N) is 1. The van der Waals surface area contributed by atoms with Crippen LogP contribution in [0.3, 0.4) is 0 Å². The van der Waals surface area contributed by atoms with Crippen LogP contribution in [0.2, 0.25) is 0 Å². The fourth-order valence-electron chi connectivity index (χ4n) is 1.76. The van der Waals surface area contributed by atoms with Crippen LogP contribution in [0.5, 0.6) is 0 Å². The molecule has 0 amide bonds. The summed E-state index contributed by atoms with van der Waals surface area (Å²) in [7, 11) is 1.85. The molecule has 0 radical (unpaired) electrons. The smallest absolute Gasteiger partial charge is 0.125 e. The minimum Gasteiger partial charge on any atom is -0.467 e. The number of benzene rings is 1. The van der Waals surface area contributed by atoms with Crippen LogP contribution >= 0.6 is 0 Å². The summed E-state index contributed by atoms with van der Waals surface area (Å²) in [5, 5.41) is 3.03. The Hall–Kier alpha value is -1.61. The highest BCUT2D eigenvalue weighted by Gasteiger charge is 2.10. The Morgan fingerprint density at radius 2 is 2.06 bits per heavy atom. The Labute approximate surface area is 94.1 Å². The van der Waals surface area contributed by atoms with Crippen LogP contribution in [0.1, 0.15) is 11.3 Å². The zero-order chi connectivity index (χ0) is 11.5. The third kappa shape index (κ3) is 1.99. The van der Waals surface area contributed by atoms with Crippen molar-refractivity contribution in [3.8, 4) is 11.1 Å². The molecule has 16 heavy (non-hydrogen) atoms. The van der Waals surface area contributed by atoms with E-state index in [0.717, 1.165) is 22.5 Å². The molecule has 0 aliphatic carbocycles. The summed E-state index contributed by atoms with van der Waals surface area (Å²) in [6, 6.07) is 6.66. The predicted molar refractivity (Wildman–Crippen MR) is 61.6 cm³/mol. The Kier molecular flexibility index (Phi) is 3.06. The van der Waals surface area contributed by atoms with Crippen molar-refractivity contribution in [3.05, 3.63) is 47.7 Å². The van der Waals surface area contributed by atoms with E-state index in [1.165, 1.54) is 6.07 Å². The van der Waals surface area contributed by atoms with Crippen molar-refractivity contribution in [2.75, 3.05) is 7.05 Å². The van der Waals surface area contributed by atoms with Gasteiger partial charge < -0.3 is 9.73 Å². The monoisotopic (exact) mass is 219 g/mol. The molecule has 0 fully saturated rings. The van der Waals surface area contributed by atoms with Crippen LogP contribution in [0.15, 0.2) is 34.9 Å². The molecule has 1 N–H and O–H groups in total. The van der Waals surface area contributed by atoms with Gasteiger partial charge in [0, 0.05) is 5.56 Å². The number of hydrogen-bond acceptors (Lipinski definition) is 2. The van der Waals surface area contributed by atoms with Gasteiger partial charge in [0.15, 0.2) is 0 Å². The maximum atomic E-state index is 13.2. The molecule has 2 rings (SSSR count). The predicted octanol–water partition coefficient (Wildman–Crippen LogP) is 3.11. The van der Waals surface area contributed by atoms with Crippen LogP contribution < -0.4 is 5.32 Å². The van der Waals surface area contributed by atoms with Crippen LogP contribution in [0.25, 0.3) is 11.1 Å². The number of furan rings is 1. The molecule has 0 saturated carbocycles. The van der Waals surface area contributed by atoms with E-state index < -0.39 is 0 Å². The Morgan fingerprint density at radius 3 is 2.81 bits per heavy atom. The third-order valence-corrected chi connectivity index (χ3v) is 2.57. The fraction of sp³-hybridized carbons (Fsp3) is 0.231. The molecule has 0 unspecified atom stereocenters. The van der Waals surface area contributed by atoms with E-state index in [1.807, 2.05) is 20.0 Å². The van der Waals surface area contributed by atoms with E-state index in [-0.39, 0.29) is 5.82 Å². The molecule has 2 nitrogen and oxygen atoms in total. The zero-order valence-electron chi connectivity index (χ0n) is 9.38. The van der Waals surface area contributed by atoms with Gasteiger partial charge in [-0.3, -0.25) is 0 Å². The summed E-state index contributed by atoms with van der Waals surface area (Å²) in [4.78, 5) is 0. The van der Waals surface area contributed by atoms with E-state index >= 15 is 0 Å². The molecule has 0 saturated heterocycles. The first-order chi connectivity index (χ1) is 7.72. The topological polar surface area (TPSA) is 25.2 Å². The average molecular weight is 219 g/mol. The highest BCUT2D eigenvalue weighted by atomic mass is 19.1. The lowest BCUT2D eigenvalue weighted by Crippen LogP contribution is -2.05. The Morgan fingerprint density at radius 1 is 1.25 bits per heavy atom. The molecule has 1 aromatic heterocycles. The summed E-state index contributed by atoms with van der Waals surface area (Å²) >= 11 is 0. The highest BCUT2D eigenvalue weighted by Crippen LogP contribution is 2.28. The number of hydrogen-bond donors (Lipinski definition) is 1. The standard InChI is InChI=1S/C13H14FNO/c1-9-3-4-10(14)7-12(9)11-5-6-16-13(11)8-15-2/h3-7,15H,8H2,1-2H3. The second-order valence-electron chi connectivity index (χ2n) is 3.75. The van der Waals surface area contributed by atoms with Gasteiger partial charge in [-0.2, -0.15) is 0 Å². The van der Waals surface area contributed by atoms with E-state index in [0.29, 0.717) is 6.54 Å². The number of rotatable bonds is 3. The van der Waals surface area contributed by atoms with Crippen molar-refractivity contribution < 1.29 is 8.81 Å². The van der Waals surface area contributed by atoms with Gasteiger partial charge in [-0.1, -0.05) is 6.07 Å². The lowest BCUT2D eigenvalue weighted by molar-refractivity contribution is 0.496. The maximum absolute atomic E-state index is 13.2. The first-order valence-electron chi connectivity index (χ1n) is 5.20. The van der Waals surface area contributed by atoms with Crippen molar-refractivity contribution in [2.45, 2.75) is 13.5 Å². The van der Waals surface area contributed by atoms with Crippen molar-refractivity contribution in [2.24, 2.45) is 0 Å². The largest absolute Gasteiger partial charge is 0.467 e. The summed E-state index contributed by atoms with van der Waals surface area (Å²) in [5.74, 6) is 0.605. The molecule has 0 aliphatic heterocycles. The molecule has 0 bridgehead atoms.